The van der Waals surface area contributed by atoms with Crippen LogP contribution in [0.1, 0.15) is 17.3 Å². The summed E-state index contributed by atoms with van der Waals surface area (Å²) >= 11 is 2.19. The lowest BCUT2D eigenvalue weighted by molar-refractivity contribution is 0.0970. The van der Waals surface area contributed by atoms with E-state index in [1.54, 1.807) is 29.1 Å². The number of aryl methyl sites for hydroxylation is 1. The highest BCUT2D eigenvalue weighted by atomic mass is 127. The first-order valence-electron chi connectivity index (χ1n) is 5.66. The van der Waals surface area contributed by atoms with Crippen molar-refractivity contribution in [1.29, 1.82) is 0 Å². The number of Topliss-reactive ketones (excluding diaryl/α,β-unsaturated/α-hetero) is 1. The van der Waals surface area contributed by atoms with E-state index in [4.69, 9.17) is 0 Å². The zero-order chi connectivity index (χ0) is 13.1. The summed E-state index contributed by atoms with van der Waals surface area (Å²) in [6.45, 7) is 2.60. The molecule has 0 radical (unpaired) electrons. The van der Waals surface area contributed by atoms with Crippen molar-refractivity contribution in [2.24, 2.45) is 0 Å². The van der Waals surface area contributed by atoms with Gasteiger partial charge in [-0.05, 0) is 41.6 Å². The molecule has 4 nitrogen and oxygen atoms in total. The zero-order valence-corrected chi connectivity index (χ0v) is 12.1. The number of benzene rings is 1. The Morgan fingerprint density at radius 2 is 1.78 bits per heavy atom. The van der Waals surface area contributed by atoms with Crippen LogP contribution >= 0.6 is 22.6 Å². The summed E-state index contributed by atoms with van der Waals surface area (Å²) in [5.41, 5.74) is 0.489. The summed E-state index contributed by atoms with van der Waals surface area (Å²) in [6, 6.07) is 7.33. The first-order valence-corrected chi connectivity index (χ1v) is 6.74. The highest BCUT2D eigenvalue weighted by molar-refractivity contribution is 14.1. The molecule has 0 amide bonds. The van der Waals surface area contributed by atoms with E-state index in [2.05, 4.69) is 22.6 Å². The number of carbonyl (C=O) groups is 1. The molecule has 5 heteroatoms. The Hall–Kier alpha value is -1.37. The predicted molar refractivity (Wildman–Crippen MR) is 77.9 cm³/mol. The van der Waals surface area contributed by atoms with Crippen molar-refractivity contribution in [3.63, 3.8) is 0 Å². The van der Waals surface area contributed by atoms with Gasteiger partial charge in [-0.1, -0.05) is 12.1 Å². The number of halogens is 1. The largest absolute Gasteiger partial charge is 0.328 e. The molecule has 0 bridgehead atoms. The van der Waals surface area contributed by atoms with Crippen LogP contribution in [0.15, 0.2) is 41.5 Å². The molecule has 0 N–H and O–H groups in total. The van der Waals surface area contributed by atoms with Gasteiger partial charge in [0.2, 0.25) is 0 Å². The fourth-order valence-electron chi connectivity index (χ4n) is 1.70. The second-order valence-electron chi connectivity index (χ2n) is 3.92. The molecule has 0 aliphatic heterocycles. The fraction of sp³-hybridized carbons (Fsp3) is 0.231. The minimum Gasteiger partial charge on any atom is -0.300 e. The van der Waals surface area contributed by atoms with Crippen LogP contribution in [-0.2, 0) is 13.1 Å². The van der Waals surface area contributed by atoms with E-state index >= 15 is 0 Å². The van der Waals surface area contributed by atoms with Gasteiger partial charge in [-0.25, -0.2) is 4.79 Å². The number of carbonyl (C=O) groups excluding carboxylic acids is 1. The van der Waals surface area contributed by atoms with Crippen LogP contribution < -0.4 is 5.69 Å². The van der Waals surface area contributed by atoms with E-state index in [0.29, 0.717) is 12.1 Å². The van der Waals surface area contributed by atoms with Gasteiger partial charge in [-0.2, -0.15) is 0 Å². The van der Waals surface area contributed by atoms with Crippen molar-refractivity contribution in [3.05, 3.63) is 56.3 Å². The third-order valence-electron chi connectivity index (χ3n) is 2.74. The lowest BCUT2D eigenvalue weighted by Crippen LogP contribution is -2.26. The zero-order valence-electron chi connectivity index (χ0n) is 9.97. The van der Waals surface area contributed by atoms with Gasteiger partial charge in [0.1, 0.15) is 0 Å². The van der Waals surface area contributed by atoms with Crippen LogP contribution in [0.4, 0.5) is 0 Å². The average Bonchev–Trinajstić information content (AvgIpc) is 2.71. The highest BCUT2D eigenvalue weighted by Crippen LogP contribution is 2.08. The molecule has 18 heavy (non-hydrogen) atoms. The number of nitrogens with zero attached hydrogens (tertiary/aromatic N) is 2. The molecular formula is C13H13IN2O2. The molecule has 0 atom stereocenters. The standard InChI is InChI=1S/C13H13IN2O2/c1-2-15-7-8-16(13(15)18)9-12(17)10-3-5-11(14)6-4-10/h3-8H,2,9H2,1H3. The maximum absolute atomic E-state index is 12.0. The summed E-state index contributed by atoms with van der Waals surface area (Å²) in [5.74, 6) is -0.0534. The number of hydrogen-bond acceptors (Lipinski definition) is 2. The molecule has 0 spiro atoms. The molecule has 0 unspecified atom stereocenters. The summed E-state index contributed by atoms with van der Waals surface area (Å²) in [6.07, 6.45) is 3.35. The van der Waals surface area contributed by atoms with Gasteiger partial charge in [0, 0.05) is 28.1 Å². The van der Waals surface area contributed by atoms with Crippen molar-refractivity contribution < 1.29 is 4.79 Å². The van der Waals surface area contributed by atoms with E-state index in [0.717, 1.165) is 3.57 Å². The second-order valence-corrected chi connectivity index (χ2v) is 5.17. The van der Waals surface area contributed by atoms with Gasteiger partial charge in [0.05, 0.1) is 6.54 Å². The molecule has 1 aromatic carbocycles. The Morgan fingerprint density at radius 1 is 1.17 bits per heavy atom. The smallest absolute Gasteiger partial charge is 0.300 e. The van der Waals surface area contributed by atoms with Crippen molar-refractivity contribution in [2.75, 3.05) is 0 Å². The van der Waals surface area contributed by atoms with E-state index in [9.17, 15) is 9.59 Å². The van der Waals surface area contributed by atoms with E-state index in [1.807, 2.05) is 19.1 Å². The SMILES string of the molecule is CCn1ccn(CC(=O)c2ccc(I)cc2)c1=O. The molecule has 0 fully saturated rings. The third kappa shape index (κ3) is 2.72. The molecular weight excluding hydrogens is 343 g/mol. The first-order chi connectivity index (χ1) is 8.61. The maximum atomic E-state index is 12.0. The maximum Gasteiger partial charge on any atom is 0.328 e. The van der Waals surface area contributed by atoms with Gasteiger partial charge >= 0.3 is 5.69 Å². The topological polar surface area (TPSA) is 44.0 Å². The molecule has 0 aliphatic carbocycles. The first kappa shape index (κ1) is 13.1. The summed E-state index contributed by atoms with van der Waals surface area (Å²) in [5, 5.41) is 0. The number of aromatic nitrogens is 2. The Balaban J connectivity index is 2.18. The highest BCUT2D eigenvalue weighted by Gasteiger charge is 2.09. The molecule has 1 heterocycles. The number of imidazole rings is 1. The summed E-state index contributed by atoms with van der Waals surface area (Å²) < 4.78 is 4.09. The molecule has 94 valence electrons. The minimum atomic E-state index is -0.142. The summed E-state index contributed by atoms with van der Waals surface area (Å²) in [4.78, 5) is 23.8. The van der Waals surface area contributed by atoms with Crippen LogP contribution in [0, 0.1) is 3.57 Å². The molecule has 0 saturated heterocycles. The Kier molecular flexibility index (Phi) is 4.00. The third-order valence-corrected chi connectivity index (χ3v) is 3.46. The number of rotatable bonds is 4. The normalized spacial score (nSPS) is 10.6. The van der Waals surface area contributed by atoms with Crippen molar-refractivity contribution in [2.45, 2.75) is 20.0 Å². The van der Waals surface area contributed by atoms with Crippen molar-refractivity contribution in [3.8, 4) is 0 Å². The minimum absolute atomic E-state index is 0.0534. The van der Waals surface area contributed by atoms with Crippen LogP contribution in [-0.4, -0.2) is 14.9 Å². The monoisotopic (exact) mass is 356 g/mol. The van der Waals surface area contributed by atoms with Gasteiger partial charge < -0.3 is 0 Å². The Labute approximate surface area is 118 Å². The van der Waals surface area contributed by atoms with Crippen molar-refractivity contribution in [1.82, 2.24) is 9.13 Å². The van der Waals surface area contributed by atoms with Crippen LogP contribution in [0.5, 0.6) is 0 Å². The van der Waals surface area contributed by atoms with Gasteiger partial charge in [0.15, 0.2) is 5.78 Å². The quantitative estimate of drug-likeness (QED) is 0.623. The van der Waals surface area contributed by atoms with Gasteiger partial charge in [-0.15, -0.1) is 0 Å². The molecule has 0 saturated carbocycles. The van der Waals surface area contributed by atoms with E-state index < -0.39 is 0 Å². The van der Waals surface area contributed by atoms with Gasteiger partial charge in [0.25, 0.3) is 0 Å². The molecule has 1 aromatic heterocycles. The molecule has 0 aliphatic rings. The van der Waals surface area contributed by atoms with Crippen LogP contribution in [0.25, 0.3) is 0 Å². The van der Waals surface area contributed by atoms with Crippen molar-refractivity contribution >= 4 is 28.4 Å². The predicted octanol–water partition coefficient (Wildman–Crippen LogP) is 2.16. The molecule has 2 aromatic rings. The van der Waals surface area contributed by atoms with E-state index in [-0.39, 0.29) is 18.0 Å². The Bertz CT molecular complexity index is 611. The fourth-order valence-corrected chi connectivity index (χ4v) is 2.06. The molecule has 2 rings (SSSR count). The Morgan fingerprint density at radius 3 is 2.33 bits per heavy atom. The number of hydrogen-bond donors (Lipinski definition) is 0. The van der Waals surface area contributed by atoms with Crippen LogP contribution in [0.2, 0.25) is 0 Å². The lowest BCUT2D eigenvalue weighted by Gasteiger charge is -2.02. The second kappa shape index (κ2) is 5.51. The average molecular weight is 356 g/mol. The van der Waals surface area contributed by atoms with Crippen LogP contribution in [0.3, 0.4) is 0 Å². The summed E-state index contributed by atoms with van der Waals surface area (Å²) in [7, 11) is 0. The van der Waals surface area contributed by atoms with Gasteiger partial charge in [-0.3, -0.25) is 13.9 Å². The number of ketones is 1. The lowest BCUT2D eigenvalue weighted by atomic mass is 10.1. The van der Waals surface area contributed by atoms with E-state index in [1.165, 1.54) is 4.57 Å².